The van der Waals surface area contributed by atoms with Crippen LogP contribution in [0.3, 0.4) is 0 Å². The number of amides is 1. The number of carbonyl (C=O) groups excluding carboxylic acids is 1. The summed E-state index contributed by atoms with van der Waals surface area (Å²) in [5.74, 6) is 2.63. The minimum absolute atomic E-state index is 0.0134. The smallest absolute Gasteiger partial charge is 0.254 e. The van der Waals surface area contributed by atoms with Gasteiger partial charge in [0.25, 0.3) is 5.91 Å². The van der Waals surface area contributed by atoms with E-state index >= 15 is 0 Å². The molecule has 1 amide bonds. The van der Waals surface area contributed by atoms with Gasteiger partial charge in [-0.3, -0.25) is 4.79 Å². The molecule has 5 heteroatoms. The Morgan fingerprint density at radius 2 is 1.90 bits per heavy atom. The molecule has 4 atom stereocenters. The van der Waals surface area contributed by atoms with Crippen molar-refractivity contribution in [2.45, 2.75) is 24.9 Å². The molecular weight excluding hydrogens is 264 g/mol. The SMILES string of the molecule is CN(C)C(=O)c1ccc(N2[C@@H]3CC[C@H]2[C@H]2CNC[C@H]23)nc1. The predicted octanol–water partition coefficient (Wildman–Crippen LogP) is 0.970. The highest BCUT2D eigenvalue weighted by molar-refractivity contribution is 5.93. The molecule has 0 spiro atoms. The first-order chi connectivity index (χ1) is 10.2. The van der Waals surface area contributed by atoms with Crippen molar-refractivity contribution in [3.05, 3.63) is 23.9 Å². The molecule has 1 aromatic rings. The Bertz CT molecular complexity index is 538. The van der Waals surface area contributed by atoms with Crippen molar-refractivity contribution < 1.29 is 4.79 Å². The van der Waals surface area contributed by atoms with Crippen LogP contribution in [0.2, 0.25) is 0 Å². The van der Waals surface area contributed by atoms with Gasteiger partial charge in [0.05, 0.1) is 5.56 Å². The molecule has 3 aliphatic rings. The Morgan fingerprint density at radius 1 is 1.24 bits per heavy atom. The van der Waals surface area contributed by atoms with Crippen LogP contribution in [0.5, 0.6) is 0 Å². The highest BCUT2D eigenvalue weighted by Crippen LogP contribution is 2.48. The van der Waals surface area contributed by atoms with Crippen molar-refractivity contribution in [2.75, 3.05) is 32.1 Å². The summed E-state index contributed by atoms with van der Waals surface area (Å²) >= 11 is 0. The topological polar surface area (TPSA) is 48.5 Å². The van der Waals surface area contributed by atoms with Gasteiger partial charge in [-0.25, -0.2) is 4.98 Å². The highest BCUT2D eigenvalue weighted by Gasteiger charge is 2.54. The summed E-state index contributed by atoms with van der Waals surface area (Å²) in [7, 11) is 3.54. The van der Waals surface area contributed by atoms with Crippen molar-refractivity contribution in [3.8, 4) is 0 Å². The van der Waals surface area contributed by atoms with Gasteiger partial charge in [0.15, 0.2) is 0 Å². The minimum atomic E-state index is 0.0134. The fraction of sp³-hybridized carbons (Fsp3) is 0.625. The second-order valence-corrected chi connectivity index (χ2v) is 6.71. The van der Waals surface area contributed by atoms with Crippen LogP contribution >= 0.6 is 0 Å². The van der Waals surface area contributed by atoms with Crippen LogP contribution in [0.4, 0.5) is 5.82 Å². The van der Waals surface area contributed by atoms with Gasteiger partial charge in [0, 0.05) is 45.5 Å². The average molecular weight is 286 g/mol. The van der Waals surface area contributed by atoms with Gasteiger partial charge in [-0.05, 0) is 36.8 Å². The van der Waals surface area contributed by atoms with E-state index in [0.717, 1.165) is 30.7 Å². The van der Waals surface area contributed by atoms with E-state index in [9.17, 15) is 4.79 Å². The zero-order valence-corrected chi connectivity index (χ0v) is 12.6. The number of hydrogen-bond acceptors (Lipinski definition) is 4. The zero-order chi connectivity index (χ0) is 14.6. The third kappa shape index (κ3) is 1.87. The summed E-state index contributed by atoms with van der Waals surface area (Å²) < 4.78 is 0. The van der Waals surface area contributed by atoms with Gasteiger partial charge in [-0.2, -0.15) is 0 Å². The molecule has 5 nitrogen and oxygen atoms in total. The second-order valence-electron chi connectivity index (χ2n) is 6.71. The molecule has 0 aliphatic carbocycles. The molecule has 2 bridgehead atoms. The number of hydrogen-bond donors (Lipinski definition) is 1. The maximum absolute atomic E-state index is 11.9. The number of aromatic nitrogens is 1. The molecule has 112 valence electrons. The molecule has 3 saturated heterocycles. The number of anilines is 1. The Balaban J connectivity index is 1.59. The maximum atomic E-state index is 11.9. The van der Waals surface area contributed by atoms with Gasteiger partial charge >= 0.3 is 0 Å². The molecule has 4 heterocycles. The molecule has 3 fully saturated rings. The summed E-state index contributed by atoms with van der Waals surface area (Å²) in [5.41, 5.74) is 0.664. The highest BCUT2D eigenvalue weighted by atomic mass is 16.2. The summed E-state index contributed by atoms with van der Waals surface area (Å²) in [4.78, 5) is 20.6. The molecule has 1 aromatic heterocycles. The first kappa shape index (κ1) is 13.1. The molecule has 0 aromatic carbocycles. The van der Waals surface area contributed by atoms with E-state index < -0.39 is 0 Å². The van der Waals surface area contributed by atoms with E-state index in [1.165, 1.54) is 12.8 Å². The summed E-state index contributed by atoms with van der Waals surface area (Å²) in [6.45, 7) is 2.30. The van der Waals surface area contributed by atoms with Gasteiger partial charge < -0.3 is 15.1 Å². The van der Waals surface area contributed by atoms with Crippen molar-refractivity contribution >= 4 is 11.7 Å². The monoisotopic (exact) mass is 286 g/mol. The van der Waals surface area contributed by atoms with Gasteiger partial charge in [-0.15, -0.1) is 0 Å². The lowest BCUT2D eigenvalue weighted by Crippen LogP contribution is -2.34. The summed E-state index contributed by atoms with van der Waals surface area (Å²) in [5, 5.41) is 3.54. The van der Waals surface area contributed by atoms with E-state index in [-0.39, 0.29) is 5.91 Å². The standard InChI is InChI=1S/C16H22N4O/c1-19(2)16(21)10-3-6-15(18-7-10)20-13-4-5-14(20)12-9-17-8-11(12)13/h3,6-7,11-14,17H,4-5,8-9H2,1-2H3/t11-,12+,13-,14+. The molecule has 0 radical (unpaired) electrons. The Kier molecular flexibility index (Phi) is 2.92. The van der Waals surface area contributed by atoms with Crippen LogP contribution in [0.15, 0.2) is 18.3 Å². The van der Waals surface area contributed by atoms with Crippen LogP contribution in [-0.4, -0.2) is 55.1 Å². The van der Waals surface area contributed by atoms with Gasteiger partial charge in [-0.1, -0.05) is 0 Å². The van der Waals surface area contributed by atoms with Crippen molar-refractivity contribution in [1.29, 1.82) is 0 Å². The van der Waals surface area contributed by atoms with Gasteiger partial charge in [0.1, 0.15) is 5.82 Å². The number of carbonyl (C=O) groups is 1. The van der Waals surface area contributed by atoms with Gasteiger partial charge in [0.2, 0.25) is 0 Å². The number of nitrogens with one attached hydrogen (secondary N) is 1. The minimum Gasteiger partial charge on any atom is -0.350 e. The van der Waals surface area contributed by atoms with Crippen molar-refractivity contribution in [1.82, 2.24) is 15.2 Å². The maximum Gasteiger partial charge on any atom is 0.254 e. The molecular formula is C16H22N4O. The van der Waals surface area contributed by atoms with Crippen LogP contribution in [-0.2, 0) is 0 Å². The van der Waals surface area contributed by atoms with Crippen LogP contribution in [0.1, 0.15) is 23.2 Å². The molecule has 21 heavy (non-hydrogen) atoms. The quantitative estimate of drug-likeness (QED) is 0.880. The van der Waals surface area contributed by atoms with E-state index in [1.807, 2.05) is 12.1 Å². The van der Waals surface area contributed by atoms with Crippen LogP contribution in [0.25, 0.3) is 0 Å². The van der Waals surface area contributed by atoms with Crippen molar-refractivity contribution in [3.63, 3.8) is 0 Å². The number of nitrogens with zero attached hydrogens (tertiary/aromatic N) is 3. The molecule has 0 saturated carbocycles. The normalized spacial score (nSPS) is 33.3. The molecule has 3 aliphatic heterocycles. The van der Waals surface area contributed by atoms with Crippen LogP contribution in [0, 0.1) is 11.8 Å². The predicted molar refractivity (Wildman–Crippen MR) is 81.4 cm³/mol. The van der Waals surface area contributed by atoms with Crippen LogP contribution < -0.4 is 10.2 Å². The van der Waals surface area contributed by atoms with Crippen molar-refractivity contribution in [2.24, 2.45) is 11.8 Å². The first-order valence-corrected chi connectivity index (χ1v) is 7.83. The molecule has 0 unspecified atom stereocenters. The van der Waals surface area contributed by atoms with E-state index in [4.69, 9.17) is 0 Å². The number of pyridine rings is 1. The second kappa shape index (κ2) is 4.70. The third-order valence-electron chi connectivity index (χ3n) is 5.44. The van der Waals surface area contributed by atoms with E-state index in [2.05, 4.69) is 15.2 Å². The molecule has 4 rings (SSSR count). The Morgan fingerprint density at radius 3 is 2.43 bits per heavy atom. The average Bonchev–Trinajstić information content (AvgIpc) is 3.18. The van der Waals surface area contributed by atoms with E-state index in [1.54, 1.807) is 25.2 Å². The lowest BCUT2D eigenvalue weighted by Gasteiger charge is -2.26. The third-order valence-corrected chi connectivity index (χ3v) is 5.44. The summed E-state index contributed by atoms with van der Waals surface area (Å²) in [6, 6.07) is 5.21. The zero-order valence-electron chi connectivity index (χ0n) is 12.6. The largest absolute Gasteiger partial charge is 0.350 e. The first-order valence-electron chi connectivity index (χ1n) is 7.83. The Labute approximate surface area is 125 Å². The fourth-order valence-corrected chi connectivity index (χ4v) is 4.53. The number of fused-ring (bicyclic) bond motifs is 5. The number of rotatable bonds is 2. The molecule has 1 N–H and O–H groups in total. The fourth-order valence-electron chi connectivity index (χ4n) is 4.53. The van der Waals surface area contributed by atoms with E-state index in [0.29, 0.717) is 17.6 Å². The summed E-state index contributed by atoms with van der Waals surface area (Å²) in [6.07, 6.45) is 4.30. The lowest BCUT2D eigenvalue weighted by atomic mass is 9.82. The lowest BCUT2D eigenvalue weighted by molar-refractivity contribution is 0.0827. The Hall–Kier alpha value is -1.62.